The van der Waals surface area contributed by atoms with Gasteiger partial charge in [-0.05, 0) is 37.4 Å². The van der Waals surface area contributed by atoms with Crippen molar-refractivity contribution in [3.63, 3.8) is 0 Å². The molecule has 0 radical (unpaired) electrons. The summed E-state index contributed by atoms with van der Waals surface area (Å²) in [6.07, 6.45) is 6.76. The van der Waals surface area contributed by atoms with E-state index in [-0.39, 0.29) is 17.9 Å². The lowest BCUT2D eigenvalue weighted by Crippen LogP contribution is -2.23. The zero-order valence-electron chi connectivity index (χ0n) is 13.3. The van der Waals surface area contributed by atoms with Crippen LogP contribution in [0.25, 0.3) is 0 Å². The van der Waals surface area contributed by atoms with Crippen molar-refractivity contribution in [3.8, 4) is 0 Å². The number of carbonyl (C=O) groups excluding carboxylic acids is 1. The predicted octanol–water partition coefficient (Wildman–Crippen LogP) is 5.01. The maximum absolute atomic E-state index is 12.0. The quantitative estimate of drug-likeness (QED) is 0.353. The molecule has 0 N–H and O–H groups in total. The van der Waals surface area contributed by atoms with Crippen LogP contribution in [0, 0.1) is 5.92 Å². The second-order valence-corrected chi connectivity index (χ2v) is 6.92. The van der Waals surface area contributed by atoms with Crippen molar-refractivity contribution < 1.29 is 13.9 Å². The van der Waals surface area contributed by atoms with E-state index in [0.29, 0.717) is 18.9 Å². The van der Waals surface area contributed by atoms with Crippen LogP contribution in [-0.2, 0) is 9.53 Å². The molecule has 0 rings (SSSR count). The number of rotatable bonds is 13. The standard InChI is InChI=1S/C16H31FO2S/c1-4-11-19-16(18)15(13-14(2)3)20-12-9-7-5-6-8-10-17/h14-15H,4-13H2,1-3H3. The Labute approximate surface area is 128 Å². The Morgan fingerprint density at radius 3 is 2.40 bits per heavy atom. The number of halogens is 1. The number of unbranched alkanes of at least 4 members (excludes halogenated alkanes) is 4. The third-order valence-electron chi connectivity index (χ3n) is 2.99. The first-order valence-corrected chi connectivity index (χ1v) is 9.00. The van der Waals surface area contributed by atoms with Gasteiger partial charge in [0, 0.05) is 0 Å². The van der Waals surface area contributed by atoms with Gasteiger partial charge in [0.15, 0.2) is 0 Å². The molecule has 1 atom stereocenters. The van der Waals surface area contributed by atoms with Gasteiger partial charge >= 0.3 is 5.97 Å². The first kappa shape index (κ1) is 19.8. The van der Waals surface area contributed by atoms with Crippen molar-refractivity contribution in [1.29, 1.82) is 0 Å². The van der Waals surface area contributed by atoms with Crippen LogP contribution in [0.15, 0.2) is 0 Å². The highest BCUT2D eigenvalue weighted by Crippen LogP contribution is 2.22. The fourth-order valence-electron chi connectivity index (χ4n) is 1.91. The summed E-state index contributed by atoms with van der Waals surface area (Å²) in [5, 5.41) is -0.0209. The first-order chi connectivity index (χ1) is 9.61. The molecule has 0 heterocycles. The molecule has 20 heavy (non-hydrogen) atoms. The Bertz CT molecular complexity index is 235. The van der Waals surface area contributed by atoms with Gasteiger partial charge in [-0.3, -0.25) is 9.18 Å². The monoisotopic (exact) mass is 306 g/mol. The Hall–Kier alpha value is -0.250. The van der Waals surface area contributed by atoms with Crippen molar-refractivity contribution in [2.24, 2.45) is 5.92 Å². The Morgan fingerprint density at radius 1 is 1.15 bits per heavy atom. The number of carbonyl (C=O) groups is 1. The molecule has 120 valence electrons. The fraction of sp³-hybridized carbons (Fsp3) is 0.938. The number of alkyl halides is 1. The molecule has 0 amide bonds. The minimum absolute atomic E-state index is 0.0209. The van der Waals surface area contributed by atoms with Crippen molar-refractivity contribution in [3.05, 3.63) is 0 Å². The first-order valence-electron chi connectivity index (χ1n) is 7.96. The van der Waals surface area contributed by atoms with Gasteiger partial charge in [0.25, 0.3) is 0 Å². The minimum atomic E-state index is -0.200. The molecule has 0 aliphatic heterocycles. The molecule has 0 aliphatic rings. The van der Waals surface area contributed by atoms with E-state index in [9.17, 15) is 9.18 Å². The maximum Gasteiger partial charge on any atom is 0.319 e. The van der Waals surface area contributed by atoms with E-state index in [1.807, 2.05) is 6.92 Å². The summed E-state index contributed by atoms with van der Waals surface area (Å²) in [6, 6.07) is 0. The molecule has 4 heteroatoms. The number of thioether (sulfide) groups is 1. The summed E-state index contributed by atoms with van der Waals surface area (Å²) in [6.45, 7) is 6.61. The summed E-state index contributed by atoms with van der Waals surface area (Å²) in [5.41, 5.74) is 0. The number of hydrogen-bond acceptors (Lipinski definition) is 3. The molecule has 0 spiro atoms. The summed E-state index contributed by atoms with van der Waals surface area (Å²) in [7, 11) is 0. The summed E-state index contributed by atoms with van der Waals surface area (Å²) in [5.74, 6) is 1.45. The van der Waals surface area contributed by atoms with Gasteiger partial charge in [-0.2, -0.15) is 0 Å². The van der Waals surface area contributed by atoms with Crippen LogP contribution < -0.4 is 0 Å². The number of ether oxygens (including phenoxy) is 1. The van der Waals surface area contributed by atoms with E-state index >= 15 is 0 Å². The van der Waals surface area contributed by atoms with Gasteiger partial charge < -0.3 is 4.74 Å². The summed E-state index contributed by atoms with van der Waals surface area (Å²) >= 11 is 1.72. The minimum Gasteiger partial charge on any atom is -0.465 e. The number of hydrogen-bond donors (Lipinski definition) is 0. The van der Waals surface area contributed by atoms with Crippen LogP contribution in [-0.4, -0.2) is 30.3 Å². The van der Waals surface area contributed by atoms with Gasteiger partial charge in [-0.25, -0.2) is 0 Å². The molecule has 0 bridgehead atoms. The lowest BCUT2D eigenvalue weighted by atomic mass is 10.1. The zero-order chi connectivity index (χ0) is 15.2. The van der Waals surface area contributed by atoms with Gasteiger partial charge in [-0.1, -0.05) is 40.0 Å². The molecule has 0 saturated heterocycles. The molecule has 0 saturated carbocycles. The molecule has 0 aromatic rings. The highest BCUT2D eigenvalue weighted by molar-refractivity contribution is 8.00. The fourth-order valence-corrected chi connectivity index (χ4v) is 3.29. The number of esters is 1. The van der Waals surface area contributed by atoms with E-state index in [0.717, 1.165) is 44.3 Å². The topological polar surface area (TPSA) is 26.3 Å². The highest BCUT2D eigenvalue weighted by atomic mass is 32.2. The average molecular weight is 306 g/mol. The second-order valence-electron chi connectivity index (χ2n) is 5.61. The van der Waals surface area contributed by atoms with Crippen molar-refractivity contribution in [2.75, 3.05) is 19.0 Å². The van der Waals surface area contributed by atoms with E-state index in [2.05, 4.69) is 13.8 Å². The smallest absolute Gasteiger partial charge is 0.319 e. The zero-order valence-corrected chi connectivity index (χ0v) is 14.1. The van der Waals surface area contributed by atoms with Crippen LogP contribution in [0.1, 0.15) is 65.7 Å². The summed E-state index contributed by atoms with van der Waals surface area (Å²) in [4.78, 5) is 12.0. The predicted molar refractivity (Wildman–Crippen MR) is 86.0 cm³/mol. The van der Waals surface area contributed by atoms with E-state index < -0.39 is 0 Å². The van der Waals surface area contributed by atoms with Crippen LogP contribution >= 0.6 is 11.8 Å². The van der Waals surface area contributed by atoms with Gasteiger partial charge in [0.2, 0.25) is 0 Å². The molecule has 0 fully saturated rings. The van der Waals surface area contributed by atoms with Crippen molar-refractivity contribution >= 4 is 17.7 Å². The Morgan fingerprint density at radius 2 is 1.80 bits per heavy atom. The van der Waals surface area contributed by atoms with Gasteiger partial charge in [-0.15, -0.1) is 11.8 Å². The van der Waals surface area contributed by atoms with Crippen LogP contribution in [0.4, 0.5) is 4.39 Å². The third kappa shape index (κ3) is 11.6. The largest absolute Gasteiger partial charge is 0.465 e. The molecular weight excluding hydrogens is 275 g/mol. The van der Waals surface area contributed by atoms with Crippen molar-refractivity contribution in [1.82, 2.24) is 0 Å². The van der Waals surface area contributed by atoms with Crippen LogP contribution in [0.3, 0.4) is 0 Å². The molecule has 1 unspecified atom stereocenters. The van der Waals surface area contributed by atoms with Gasteiger partial charge in [0.05, 0.1) is 13.3 Å². The molecule has 2 nitrogen and oxygen atoms in total. The average Bonchev–Trinajstić information content (AvgIpc) is 2.42. The Balaban J connectivity index is 3.83. The summed E-state index contributed by atoms with van der Waals surface area (Å²) < 4.78 is 17.2. The van der Waals surface area contributed by atoms with E-state index in [1.165, 1.54) is 0 Å². The van der Waals surface area contributed by atoms with Gasteiger partial charge in [0.1, 0.15) is 5.25 Å². The lowest BCUT2D eigenvalue weighted by Gasteiger charge is -2.17. The van der Waals surface area contributed by atoms with E-state index in [1.54, 1.807) is 11.8 Å². The Kier molecular flexibility index (Phi) is 13.5. The normalized spacial score (nSPS) is 12.7. The lowest BCUT2D eigenvalue weighted by molar-refractivity contribution is -0.143. The van der Waals surface area contributed by atoms with E-state index in [4.69, 9.17) is 4.74 Å². The van der Waals surface area contributed by atoms with Crippen LogP contribution in [0.2, 0.25) is 0 Å². The van der Waals surface area contributed by atoms with Crippen LogP contribution in [0.5, 0.6) is 0 Å². The SMILES string of the molecule is CCCOC(=O)C(CC(C)C)SCCCCCCCF. The highest BCUT2D eigenvalue weighted by Gasteiger charge is 2.21. The molecular formula is C16H31FO2S. The third-order valence-corrected chi connectivity index (χ3v) is 4.31. The molecule has 0 aromatic heterocycles. The second kappa shape index (κ2) is 13.7. The molecule has 0 aliphatic carbocycles. The molecule has 0 aromatic carbocycles. The maximum atomic E-state index is 12.0. The van der Waals surface area contributed by atoms with Crippen molar-refractivity contribution in [2.45, 2.75) is 71.0 Å².